The Labute approximate surface area is 368 Å². The standard InChI is InChI=1S/C61H43NO/c1-60(43-21-7-2-8-22-43,44-23-9-3-10-24-44)59-52-41-49(62(47-27-13-5-14-28-47)48-29-15-6-16-30-48)37-35-42(52)39-55-58(59)51-32-17-19-33-54(51)61(55,45-25-11-4-12-26-45)46-36-38-57-53(40-46)50-31-18-20-34-56(50)63-57/h2-41H,1H3. The summed E-state index contributed by atoms with van der Waals surface area (Å²) in [5.74, 6) is 0. The highest BCUT2D eigenvalue weighted by molar-refractivity contribution is 6.07. The van der Waals surface area contributed by atoms with Crippen LogP contribution in [0.15, 0.2) is 247 Å². The second-order valence-electron chi connectivity index (χ2n) is 16.9. The molecule has 1 heterocycles. The Kier molecular flexibility index (Phi) is 8.55. The molecule has 11 aromatic rings. The van der Waals surface area contributed by atoms with Crippen LogP contribution in [0.1, 0.15) is 45.9 Å². The normalized spacial score (nSPS) is 14.5. The van der Waals surface area contributed by atoms with E-state index < -0.39 is 10.8 Å². The first-order chi connectivity index (χ1) is 31.1. The van der Waals surface area contributed by atoms with Gasteiger partial charge in [-0.3, -0.25) is 0 Å². The summed E-state index contributed by atoms with van der Waals surface area (Å²) < 4.78 is 6.46. The Hall–Kier alpha value is -7.94. The van der Waals surface area contributed by atoms with Gasteiger partial charge in [0.2, 0.25) is 0 Å². The molecule has 0 N–H and O–H groups in total. The fraction of sp³-hybridized carbons (Fsp3) is 0.0492. The smallest absolute Gasteiger partial charge is 0.135 e. The Bertz CT molecular complexity index is 3370. The third kappa shape index (κ3) is 5.58. The second-order valence-corrected chi connectivity index (χ2v) is 16.9. The lowest BCUT2D eigenvalue weighted by molar-refractivity contribution is 0.668. The molecule has 0 aliphatic heterocycles. The number of hydrogen-bond donors (Lipinski definition) is 0. The molecule has 1 atom stereocenters. The van der Waals surface area contributed by atoms with Crippen LogP contribution in [-0.2, 0) is 10.8 Å². The number of furan rings is 1. The highest BCUT2D eigenvalue weighted by Crippen LogP contribution is 2.61. The van der Waals surface area contributed by atoms with E-state index in [1.54, 1.807) is 0 Å². The van der Waals surface area contributed by atoms with Gasteiger partial charge in [-0.05, 0) is 128 Å². The number of anilines is 3. The van der Waals surface area contributed by atoms with E-state index in [0.717, 1.165) is 39.0 Å². The van der Waals surface area contributed by atoms with Gasteiger partial charge in [0, 0.05) is 33.2 Å². The maximum Gasteiger partial charge on any atom is 0.135 e. The van der Waals surface area contributed by atoms with Crippen molar-refractivity contribution in [1.29, 1.82) is 0 Å². The maximum absolute atomic E-state index is 6.46. The van der Waals surface area contributed by atoms with Gasteiger partial charge in [-0.15, -0.1) is 0 Å². The van der Waals surface area contributed by atoms with Crippen LogP contribution in [0.4, 0.5) is 17.1 Å². The predicted molar refractivity (Wildman–Crippen MR) is 262 cm³/mol. The summed E-state index contributed by atoms with van der Waals surface area (Å²) in [7, 11) is 0. The molecule has 0 amide bonds. The minimum atomic E-state index is -0.657. The molecule has 12 rings (SSSR count). The molecule has 0 saturated carbocycles. The fourth-order valence-corrected chi connectivity index (χ4v) is 10.8. The molecule has 2 nitrogen and oxygen atoms in total. The highest BCUT2D eigenvalue weighted by Gasteiger charge is 2.50. The van der Waals surface area contributed by atoms with E-state index in [-0.39, 0.29) is 0 Å². The zero-order valence-electron chi connectivity index (χ0n) is 34.9. The molecular weight excluding hydrogens is 763 g/mol. The van der Waals surface area contributed by atoms with E-state index in [1.165, 1.54) is 60.8 Å². The molecule has 1 aromatic heterocycles. The lowest BCUT2D eigenvalue weighted by atomic mass is 9.64. The third-order valence-corrected chi connectivity index (χ3v) is 13.6. The van der Waals surface area contributed by atoms with Crippen LogP contribution in [-0.4, -0.2) is 0 Å². The summed E-state index contributed by atoms with van der Waals surface area (Å²) in [4.78, 5) is 2.38. The van der Waals surface area contributed by atoms with E-state index in [4.69, 9.17) is 4.42 Å². The summed E-state index contributed by atoms with van der Waals surface area (Å²) >= 11 is 0. The van der Waals surface area contributed by atoms with Crippen molar-refractivity contribution >= 4 is 49.8 Å². The molecule has 0 fully saturated rings. The molecular formula is C61H43NO. The average Bonchev–Trinajstić information content (AvgIpc) is 3.88. The Morgan fingerprint density at radius 3 is 1.62 bits per heavy atom. The SMILES string of the molecule is CC(c1ccccc1)(c1ccccc1)c1c2c(cc3ccc(N(c4ccccc4)c4ccccc4)cc13)C(c1ccccc1)(c1ccc3oc4ccccc4c3c1)c1ccccc1-2. The average molecular weight is 806 g/mol. The van der Waals surface area contributed by atoms with Gasteiger partial charge in [-0.1, -0.05) is 182 Å². The van der Waals surface area contributed by atoms with Crippen LogP contribution in [0.2, 0.25) is 0 Å². The van der Waals surface area contributed by atoms with Crippen LogP contribution in [0.3, 0.4) is 0 Å². The molecule has 0 spiro atoms. The van der Waals surface area contributed by atoms with Crippen LogP contribution in [0.5, 0.6) is 0 Å². The first-order valence-corrected chi connectivity index (χ1v) is 21.8. The van der Waals surface area contributed by atoms with Gasteiger partial charge in [-0.25, -0.2) is 0 Å². The molecule has 0 bridgehead atoms. The van der Waals surface area contributed by atoms with E-state index >= 15 is 0 Å². The van der Waals surface area contributed by atoms with Crippen molar-refractivity contribution in [1.82, 2.24) is 0 Å². The first-order valence-electron chi connectivity index (χ1n) is 21.8. The molecule has 0 radical (unpaired) electrons. The quantitative estimate of drug-likeness (QED) is 0.142. The number of hydrogen-bond acceptors (Lipinski definition) is 2. The predicted octanol–water partition coefficient (Wildman–Crippen LogP) is 15.9. The van der Waals surface area contributed by atoms with Crippen LogP contribution >= 0.6 is 0 Å². The van der Waals surface area contributed by atoms with Gasteiger partial charge >= 0.3 is 0 Å². The largest absolute Gasteiger partial charge is 0.456 e. The molecule has 1 aliphatic rings. The molecule has 0 saturated heterocycles. The van der Waals surface area contributed by atoms with Crippen LogP contribution in [0, 0.1) is 0 Å². The second kappa shape index (κ2) is 14.6. The lowest BCUT2D eigenvalue weighted by Crippen LogP contribution is -2.30. The molecule has 1 unspecified atom stereocenters. The van der Waals surface area contributed by atoms with Crippen molar-refractivity contribution < 1.29 is 4.42 Å². The third-order valence-electron chi connectivity index (χ3n) is 13.6. The Balaban J connectivity index is 1.26. The maximum atomic E-state index is 6.46. The van der Waals surface area contributed by atoms with Gasteiger partial charge in [-0.2, -0.15) is 0 Å². The minimum Gasteiger partial charge on any atom is -0.456 e. The number of rotatable bonds is 8. The summed E-state index contributed by atoms with van der Waals surface area (Å²) in [5.41, 5.74) is 15.1. The number of fused-ring (bicyclic) bond motifs is 7. The van der Waals surface area contributed by atoms with Crippen molar-refractivity contribution in [2.24, 2.45) is 0 Å². The van der Waals surface area contributed by atoms with Gasteiger partial charge in [0.15, 0.2) is 0 Å². The van der Waals surface area contributed by atoms with Crippen molar-refractivity contribution in [2.75, 3.05) is 4.90 Å². The summed E-state index contributed by atoms with van der Waals surface area (Å²) in [5, 5.41) is 4.65. The first kappa shape index (κ1) is 36.9. The molecule has 10 aromatic carbocycles. The van der Waals surface area contributed by atoms with E-state index in [9.17, 15) is 0 Å². The topological polar surface area (TPSA) is 16.4 Å². The van der Waals surface area contributed by atoms with Gasteiger partial charge in [0.25, 0.3) is 0 Å². The van der Waals surface area contributed by atoms with Crippen molar-refractivity contribution in [3.63, 3.8) is 0 Å². The highest BCUT2D eigenvalue weighted by atomic mass is 16.3. The number of para-hydroxylation sites is 3. The van der Waals surface area contributed by atoms with Crippen molar-refractivity contribution in [2.45, 2.75) is 17.8 Å². The fourth-order valence-electron chi connectivity index (χ4n) is 10.8. The molecule has 298 valence electrons. The summed E-state index contributed by atoms with van der Waals surface area (Å²) in [6, 6.07) is 88.9. The van der Waals surface area contributed by atoms with E-state index in [0.29, 0.717) is 0 Å². The summed E-state index contributed by atoms with van der Waals surface area (Å²) in [6.07, 6.45) is 0. The zero-order chi connectivity index (χ0) is 42.0. The van der Waals surface area contributed by atoms with Crippen molar-refractivity contribution in [3.05, 3.63) is 282 Å². The van der Waals surface area contributed by atoms with Crippen LogP contribution in [0.25, 0.3) is 43.8 Å². The summed E-state index contributed by atoms with van der Waals surface area (Å²) in [6.45, 7) is 2.44. The van der Waals surface area contributed by atoms with E-state index in [1.807, 2.05) is 6.07 Å². The molecule has 2 heteroatoms. The number of benzene rings is 10. The Morgan fingerprint density at radius 2 is 0.952 bits per heavy atom. The lowest BCUT2D eigenvalue weighted by Gasteiger charge is -2.37. The van der Waals surface area contributed by atoms with Crippen LogP contribution < -0.4 is 4.90 Å². The number of nitrogens with zero attached hydrogens (tertiary/aromatic N) is 1. The monoisotopic (exact) mass is 805 g/mol. The van der Waals surface area contributed by atoms with Gasteiger partial charge < -0.3 is 9.32 Å². The Morgan fingerprint density at radius 1 is 0.397 bits per heavy atom. The molecule has 1 aliphatic carbocycles. The van der Waals surface area contributed by atoms with Crippen molar-refractivity contribution in [3.8, 4) is 11.1 Å². The molecule has 63 heavy (non-hydrogen) atoms. The van der Waals surface area contributed by atoms with Gasteiger partial charge in [0.05, 0.1) is 5.41 Å². The van der Waals surface area contributed by atoms with Gasteiger partial charge in [0.1, 0.15) is 11.2 Å². The van der Waals surface area contributed by atoms with E-state index in [2.05, 4.69) is 248 Å². The minimum absolute atomic E-state index is 0.584. The zero-order valence-corrected chi connectivity index (χ0v) is 34.9.